The van der Waals surface area contributed by atoms with Crippen LogP contribution < -0.4 is 10.4 Å². The van der Waals surface area contributed by atoms with E-state index in [-0.39, 0.29) is 5.41 Å². The van der Waals surface area contributed by atoms with Crippen LogP contribution in [0, 0.1) is 10.4 Å². The molecule has 0 aliphatic heterocycles. The summed E-state index contributed by atoms with van der Waals surface area (Å²) < 4.78 is 1.20. The van der Waals surface area contributed by atoms with Gasteiger partial charge in [-0.1, -0.05) is 86.6 Å². The maximum absolute atomic E-state index is 4.00. The lowest BCUT2D eigenvalue weighted by molar-refractivity contribution is 0.628. The Kier molecular flexibility index (Phi) is 3.76. The molecular weight excluding hydrogens is 428 g/mol. The highest BCUT2D eigenvalue weighted by atomic mass is 79.9. The van der Waals surface area contributed by atoms with Crippen LogP contribution >= 0.6 is 15.9 Å². The Morgan fingerprint density at radius 1 is 0.733 bits per heavy atom. The Morgan fingerprint density at radius 3 is 2.33 bits per heavy atom. The fourth-order valence-corrected chi connectivity index (χ4v) is 5.84. The third kappa shape index (κ3) is 2.39. The van der Waals surface area contributed by atoms with Crippen molar-refractivity contribution in [2.75, 3.05) is 0 Å². The monoisotopic (exact) mass is 448 g/mol. The van der Waals surface area contributed by atoms with Crippen molar-refractivity contribution in [2.45, 2.75) is 19.3 Å². The summed E-state index contributed by atoms with van der Waals surface area (Å²) in [6.45, 7) is 4.69. The van der Waals surface area contributed by atoms with Gasteiger partial charge in [0.05, 0.1) is 0 Å². The minimum absolute atomic E-state index is 0.0529. The van der Waals surface area contributed by atoms with Crippen LogP contribution in [0.1, 0.15) is 36.1 Å². The number of benzene rings is 4. The van der Waals surface area contributed by atoms with Crippen LogP contribution in [0.2, 0.25) is 0 Å². The molecule has 30 heavy (non-hydrogen) atoms. The number of rotatable bonds is 1. The van der Waals surface area contributed by atoms with Crippen LogP contribution in [-0.2, 0) is 5.41 Å². The summed E-state index contributed by atoms with van der Waals surface area (Å²) in [5.41, 5.74) is 7.89. The molecule has 0 N–H and O–H groups in total. The van der Waals surface area contributed by atoms with Crippen LogP contribution in [0.4, 0.5) is 0 Å². The summed E-state index contributed by atoms with van der Waals surface area (Å²) in [4.78, 5) is 0. The zero-order valence-electron chi connectivity index (χ0n) is 17.0. The van der Waals surface area contributed by atoms with Gasteiger partial charge >= 0.3 is 0 Å². The van der Waals surface area contributed by atoms with E-state index in [0.717, 1.165) is 0 Å². The van der Waals surface area contributed by atoms with Crippen LogP contribution in [0.3, 0.4) is 0 Å². The molecule has 0 saturated carbocycles. The van der Waals surface area contributed by atoms with Gasteiger partial charge in [0.25, 0.3) is 0 Å². The van der Waals surface area contributed by atoms with E-state index in [1.165, 1.54) is 58.7 Å². The van der Waals surface area contributed by atoms with Crippen LogP contribution in [0.15, 0.2) is 83.3 Å². The first-order chi connectivity index (χ1) is 14.6. The van der Waals surface area contributed by atoms with Gasteiger partial charge in [0.15, 0.2) is 0 Å². The summed E-state index contributed by atoms with van der Waals surface area (Å²) in [6.07, 6.45) is 4.68. The van der Waals surface area contributed by atoms with E-state index >= 15 is 0 Å². The van der Waals surface area contributed by atoms with Crippen LogP contribution in [-0.4, -0.2) is 0 Å². The highest BCUT2D eigenvalue weighted by Gasteiger charge is 2.31. The topological polar surface area (TPSA) is 0 Å². The first kappa shape index (κ1) is 17.9. The number of hydrogen-bond donors (Lipinski definition) is 0. The molecule has 4 aromatic rings. The second-order valence-electron chi connectivity index (χ2n) is 8.75. The average molecular weight is 449 g/mol. The third-order valence-electron chi connectivity index (χ3n) is 6.70. The maximum atomic E-state index is 4.00. The maximum Gasteiger partial charge on any atom is 0.0329 e. The predicted molar refractivity (Wildman–Crippen MR) is 129 cm³/mol. The Hall–Kier alpha value is -2.90. The largest absolute Gasteiger partial charge is 0.0622 e. The Morgan fingerprint density at radius 2 is 1.50 bits per heavy atom. The lowest BCUT2D eigenvalue weighted by Crippen LogP contribution is -2.32. The molecule has 1 heteroatoms. The molecular formula is C29H21Br. The van der Waals surface area contributed by atoms with E-state index in [1.54, 1.807) is 0 Å². The number of halogens is 1. The molecule has 0 atom stereocenters. The molecule has 0 amide bonds. The van der Waals surface area contributed by atoms with E-state index in [2.05, 4.69) is 121 Å². The lowest BCUT2D eigenvalue weighted by atomic mass is 9.72. The third-order valence-corrected chi connectivity index (χ3v) is 7.55. The van der Waals surface area contributed by atoms with Gasteiger partial charge in [0.1, 0.15) is 0 Å². The fraction of sp³-hybridized carbons (Fsp3) is 0.103. The highest BCUT2D eigenvalue weighted by molar-refractivity contribution is 9.10. The molecule has 0 spiro atoms. The highest BCUT2D eigenvalue weighted by Crippen LogP contribution is 2.37. The molecule has 0 radical (unpaired) electrons. The quantitative estimate of drug-likeness (QED) is 0.294. The van der Waals surface area contributed by atoms with E-state index in [1.807, 2.05) is 0 Å². The van der Waals surface area contributed by atoms with E-state index < -0.39 is 0 Å². The molecule has 0 unspecified atom stereocenters. The zero-order valence-corrected chi connectivity index (χ0v) is 18.6. The van der Waals surface area contributed by atoms with E-state index in [4.69, 9.17) is 0 Å². The van der Waals surface area contributed by atoms with Gasteiger partial charge < -0.3 is 0 Å². The smallest absolute Gasteiger partial charge is 0.0329 e. The molecule has 0 saturated heterocycles. The second-order valence-corrected chi connectivity index (χ2v) is 9.54. The molecule has 0 nitrogen and oxygen atoms in total. The summed E-state index contributed by atoms with van der Waals surface area (Å²) >= 11 is 4.00. The SMILES string of the molecule is CC1(C)c2ccccc2C=c2c1cc1c(c2Br)C=c2cccc(-c3ccccc3)c2=1. The van der Waals surface area contributed by atoms with Gasteiger partial charge in [-0.05, 0) is 88.4 Å². The molecule has 144 valence electrons. The van der Waals surface area contributed by atoms with Gasteiger partial charge in [-0.2, -0.15) is 0 Å². The normalized spacial score (nSPS) is 14.6. The standard InChI is InChI=1S/C29H21Br/c1-29(2)25-14-7-6-11-19(25)15-24-26(29)17-22-23(28(24)30)16-20-12-8-13-21(27(20)22)18-9-4-3-5-10-18/h3-17H,1-2H3. The molecule has 0 bridgehead atoms. The Labute approximate surface area is 184 Å². The van der Waals surface area contributed by atoms with Crippen molar-refractivity contribution < 1.29 is 0 Å². The minimum Gasteiger partial charge on any atom is -0.0622 e. The first-order valence-electron chi connectivity index (χ1n) is 10.4. The van der Waals surface area contributed by atoms with E-state index in [9.17, 15) is 0 Å². The summed E-state index contributed by atoms with van der Waals surface area (Å²) in [6, 6.07) is 28.6. The summed E-state index contributed by atoms with van der Waals surface area (Å²) in [7, 11) is 0. The molecule has 0 fully saturated rings. The van der Waals surface area contributed by atoms with Gasteiger partial charge in [0, 0.05) is 9.89 Å². The van der Waals surface area contributed by atoms with Gasteiger partial charge in [-0.25, -0.2) is 0 Å². The molecule has 4 aromatic carbocycles. The van der Waals surface area contributed by atoms with Crippen molar-refractivity contribution in [3.05, 3.63) is 126 Å². The number of fused-ring (bicyclic) bond motifs is 4. The van der Waals surface area contributed by atoms with Gasteiger partial charge in [-0.15, -0.1) is 0 Å². The predicted octanol–water partition coefficient (Wildman–Crippen LogP) is 6.01. The van der Waals surface area contributed by atoms with Crippen molar-refractivity contribution >= 4 is 28.1 Å². The van der Waals surface area contributed by atoms with Gasteiger partial charge in [0.2, 0.25) is 0 Å². The Bertz CT molecular complexity index is 1560. The van der Waals surface area contributed by atoms with Crippen molar-refractivity contribution in [2.24, 2.45) is 0 Å². The Balaban J connectivity index is 1.80. The average Bonchev–Trinajstić information content (AvgIpc) is 3.15. The molecule has 0 aromatic heterocycles. The van der Waals surface area contributed by atoms with Gasteiger partial charge in [-0.3, -0.25) is 0 Å². The first-order valence-corrected chi connectivity index (χ1v) is 11.2. The number of hydrogen-bond acceptors (Lipinski definition) is 0. The molecule has 0 heterocycles. The summed E-state index contributed by atoms with van der Waals surface area (Å²) in [5, 5.41) is 5.28. The lowest BCUT2D eigenvalue weighted by Gasteiger charge is -2.32. The second kappa shape index (κ2) is 6.30. The molecule has 2 aliphatic rings. The molecule has 6 rings (SSSR count). The van der Waals surface area contributed by atoms with Crippen molar-refractivity contribution in [3.8, 4) is 11.1 Å². The van der Waals surface area contributed by atoms with Crippen molar-refractivity contribution in [1.82, 2.24) is 0 Å². The van der Waals surface area contributed by atoms with Crippen molar-refractivity contribution in [1.29, 1.82) is 0 Å². The van der Waals surface area contributed by atoms with E-state index in [0.29, 0.717) is 0 Å². The minimum atomic E-state index is -0.0529. The molecule has 2 aliphatic carbocycles. The zero-order chi connectivity index (χ0) is 20.5. The summed E-state index contributed by atoms with van der Waals surface area (Å²) in [5.74, 6) is 0. The fourth-order valence-electron chi connectivity index (χ4n) is 5.19. The van der Waals surface area contributed by atoms with Crippen LogP contribution in [0.5, 0.6) is 0 Å². The van der Waals surface area contributed by atoms with Crippen molar-refractivity contribution in [3.63, 3.8) is 0 Å². The van der Waals surface area contributed by atoms with Crippen LogP contribution in [0.25, 0.3) is 23.3 Å².